The molecule has 0 saturated heterocycles. The second-order valence-corrected chi connectivity index (χ2v) is 3.06. The van der Waals surface area contributed by atoms with Crippen molar-refractivity contribution in [3.8, 4) is 5.75 Å². The summed E-state index contributed by atoms with van der Waals surface area (Å²) >= 11 is 0. The zero-order chi connectivity index (χ0) is 12.0. The van der Waals surface area contributed by atoms with Crippen LogP contribution in [-0.2, 0) is 4.79 Å². The molecular formula is C11H14N2O3. The molecule has 0 aliphatic carbocycles. The maximum Gasteiger partial charge on any atom is 0.243 e. The summed E-state index contributed by atoms with van der Waals surface area (Å²) in [4.78, 5) is 14.9. The van der Waals surface area contributed by atoms with Gasteiger partial charge in [-0.15, -0.1) is 0 Å². The van der Waals surface area contributed by atoms with E-state index in [1.165, 1.54) is 7.11 Å². The minimum atomic E-state index is -0.903. The minimum Gasteiger partial charge on any atom is -0.495 e. The lowest BCUT2D eigenvalue weighted by Gasteiger charge is -2.13. The molecule has 1 aromatic rings. The molecule has 1 amide bonds. The Morgan fingerprint density at radius 3 is 3.19 bits per heavy atom. The van der Waals surface area contributed by atoms with Crippen LogP contribution >= 0.6 is 0 Å². The van der Waals surface area contributed by atoms with Crippen LogP contribution in [0.5, 0.6) is 5.75 Å². The molecule has 0 spiro atoms. The van der Waals surface area contributed by atoms with Crippen molar-refractivity contribution in [1.82, 2.24) is 10.3 Å². The van der Waals surface area contributed by atoms with Gasteiger partial charge in [0.15, 0.2) is 0 Å². The van der Waals surface area contributed by atoms with E-state index in [-0.39, 0.29) is 12.5 Å². The van der Waals surface area contributed by atoms with Crippen LogP contribution in [0.1, 0.15) is 11.8 Å². The van der Waals surface area contributed by atoms with Gasteiger partial charge in [-0.2, -0.15) is 0 Å². The Labute approximate surface area is 93.8 Å². The summed E-state index contributed by atoms with van der Waals surface area (Å²) in [5.41, 5.74) is 0.398. The molecule has 1 heterocycles. The molecule has 5 nitrogen and oxygen atoms in total. The lowest BCUT2D eigenvalue weighted by atomic mass is 10.2. The second kappa shape index (κ2) is 5.87. The first-order valence-electron chi connectivity index (χ1n) is 4.76. The van der Waals surface area contributed by atoms with E-state index < -0.39 is 6.10 Å². The number of hydrogen-bond donors (Lipinski definition) is 2. The summed E-state index contributed by atoms with van der Waals surface area (Å²) in [7, 11) is 1.50. The first-order valence-corrected chi connectivity index (χ1v) is 4.76. The number of aliphatic hydroxyl groups excluding tert-OH is 1. The van der Waals surface area contributed by atoms with Gasteiger partial charge in [-0.1, -0.05) is 6.58 Å². The third-order valence-electron chi connectivity index (χ3n) is 1.99. The third kappa shape index (κ3) is 3.06. The Morgan fingerprint density at radius 2 is 2.56 bits per heavy atom. The number of carbonyl (C=O) groups excluding carboxylic acids is 1. The van der Waals surface area contributed by atoms with Gasteiger partial charge in [0.2, 0.25) is 5.91 Å². The molecule has 0 aromatic carbocycles. The van der Waals surface area contributed by atoms with Crippen LogP contribution in [0.4, 0.5) is 0 Å². The van der Waals surface area contributed by atoms with Crippen LogP contribution in [0.3, 0.4) is 0 Å². The summed E-state index contributed by atoms with van der Waals surface area (Å²) < 4.78 is 5.04. The molecule has 0 fully saturated rings. The van der Waals surface area contributed by atoms with Gasteiger partial charge in [0.05, 0.1) is 7.11 Å². The van der Waals surface area contributed by atoms with E-state index in [1.807, 2.05) is 0 Å². The van der Waals surface area contributed by atoms with Crippen molar-refractivity contribution < 1.29 is 14.6 Å². The Kier molecular flexibility index (Phi) is 4.47. The van der Waals surface area contributed by atoms with Crippen LogP contribution in [0.15, 0.2) is 31.0 Å². The molecule has 0 aliphatic rings. The first-order chi connectivity index (χ1) is 7.69. The van der Waals surface area contributed by atoms with Gasteiger partial charge in [-0.3, -0.25) is 9.78 Å². The predicted octanol–water partition coefficient (Wildman–Crippen LogP) is 0.426. The maximum atomic E-state index is 10.9. The van der Waals surface area contributed by atoms with E-state index >= 15 is 0 Å². The van der Waals surface area contributed by atoms with Crippen molar-refractivity contribution in [2.24, 2.45) is 0 Å². The molecular weight excluding hydrogens is 208 g/mol. The van der Waals surface area contributed by atoms with Crippen LogP contribution in [-0.4, -0.2) is 29.7 Å². The Balaban J connectivity index is 2.68. The molecule has 1 rings (SSSR count). The molecule has 86 valence electrons. The van der Waals surface area contributed by atoms with Gasteiger partial charge in [-0.05, 0) is 18.2 Å². The normalized spacial score (nSPS) is 11.6. The van der Waals surface area contributed by atoms with Crippen molar-refractivity contribution in [3.05, 3.63) is 36.7 Å². The van der Waals surface area contributed by atoms with Crippen molar-refractivity contribution in [2.45, 2.75) is 6.10 Å². The van der Waals surface area contributed by atoms with E-state index in [0.29, 0.717) is 11.4 Å². The second-order valence-electron chi connectivity index (χ2n) is 3.06. The van der Waals surface area contributed by atoms with Gasteiger partial charge >= 0.3 is 0 Å². The number of rotatable bonds is 5. The number of methoxy groups -OCH3 is 1. The fraction of sp³-hybridized carbons (Fsp3) is 0.273. The van der Waals surface area contributed by atoms with Gasteiger partial charge in [0.25, 0.3) is 0 Å². The van der Waals surface area contributed by atoms with Crippen LogP contribution < -0.4 is 10.1 Å². The van der Waals surface area contributed by atoms with Crippen molar-refractivity contribution in [3.63, 3.8) is 0 Å². The molecule has 1 atom stereocenters. The monoisotopic (exact) mass is 222 g/mol. The minimum absolute atomic E-state index is 0.0677. The lowest BCUT2D eigenvalue weighted by molar-refractivity contribution is -0.116. The molecule has 0 saturated carbocycles. The molecule has 5 heteroatoms. The Morgan fingerprint density at radius 1 is 1.81 bits per heavy atom. The average molecular weight is 222 g/mol. The fourth-order valence-electron chi connectivity index (χ4n) is 1.19. The zero-order valence-corrected chi connectivity index (χ0v) is 9.01. The number of hydrogen-bond acceptors (Lipinski definition) is 4. The topological polar surface area (TPSA) is 71.5 Å². The largest absolute Gasteiger partial charge is 0.495 e. The SMILES string of the molecule is C=CC(=O)NCC(O)c1ncccc1OC. The summed E-state index contributed by atoms with van der Waals surface area (Å²) in [6.07, 6.45) is 1.79. The smallest absolute Gasteiger partial charge is 0.243 e. The molecule has 0 bridgehead atoms. The predicted molar refractivity (Wildman–Crippen MR) is 59.0 cm³/mol. The highest BCUT2D eigenvalue weighted by Crippen LogP contribution is 2.21. The van der Waals surface area contributed by atoms with E-state index in [4.69, 9.17) is 4.74 Å². The number of aliphatic hydroxyl groups is 1. The first kappa shape index (κ1) is 12.2. The van der Waals surface area contributed by atoms with Crippen molar-refractivity contribution in [2.75, 3.05) is 13.7 Å². The van der Waals surface area contributed by atoms with Gasteiger partial charge < -0.3 is 15.2 Å². The number of ether oxygens (including phenoxy) is 1. The summed E-state index contributed by atoms with van der Waals surface area (Å²) in [6.45, 7) is 3.38. The molecule has 2 N–H and O–H groups in total. The number of nitrogens with one attached hydrogen (secondary N) is 1. The summed E-state index contributed by atoms with van der Waals surface area (Å²) in [6, 6.07) is 3.40. The van der Waals surface area contributed by atoms with Crippen LogP contribution in [0, 0.1) is 0 Å². The number of amides is 1. The molecule has 1 unspecified atom stereocenters. The highest BCUT2D eigenvalue weighted by molar-refractivity contribution is 5.86. The standard InChI is InChI=1S/C11H14N2O3/c1-3-10(15)13-7-8(14)11-9(16-2)5-4-6-12-11/h3-6,8,14H,1,7H2,2H3,(H,13,15). The quantitative estimate of drug-likeness (QED) is 0.708. The fourth-order valence-corrected chi connectivity index (χ4v) is 1.19. The number of pyridine rings is 1. The van der Waals surface area contributed by atoms with Crippen molar-refractivity contribution in [1.29, 1.82) is 0 Å². The highest BCUT2D eigenvalue weighted by Gasteiger charge is 2.14. The average Bonchev–Trinajstić information content (AvgIpc) is 2.35. The number of aromatic nitrogens is 1. The summed E-state index contributed by atoms with van der Waals surface area (Å²) in [5.74, 6) is 0.150. The molecule has 0 radical (unpaired) electrons. The summed E-state index contributed by atoms with van der Waals surface area (Å²) in [5, 5.41) is 12.3. The van der Waals surface area contributed by atoms with Crippen molar-refractivity contribution >= 4 is 5.91 Å². The van der Waals surface area contributed by atoms with E-state index in [0.717, 1.165) is 6.08 Å². The maximum absolute atomic E-state index is 10.9. The molecule has 1 aromatic heterocycles. The lowest BCUT2D eigenvalue weighted by Crippen LogP contribution is -2.27. The van der Waals surface area contributed by atoms with E-state index in [2.05, 4.69) is 16.9 Å². The number of carbonyl (C=O) groups is 1. The molecule has 16 heavy (non-hydrogen) atoms. The van der Waals surface area contributed by atoms with E-state index in [9.17, 15) is 9.90 Å². The van der Waals surface area contributed by atoms with Gasteiger partial charge in [0.1, 0.15) is 17.5 Å². The highest BCUT2D eigenvalue weighted by atomic mass is 16.5. The van der Waals surface area contributed by atoms with E-state index in [1.54, 1.807) is 18.3 Å². The Hall–Kier alpha value is -1.88. The third-order valence-corrected chi connectivity index (χ3v) is 1.99. The molecule has 0 aliphatic heterocycles. The van der Waals surface area contributed by atoms with Crippen LogP contribution in [0.2, 0.25) is 0 Å². The number of nitrogens with zero attached hydrogens (tertiary/aromatic N) is 1. The zero-order valence-electron chi connectivity index (χ0n) is 9.01. The van der Waals surface area contributed by atoms with Crippen LogP contribution in [0.25, 0.3) is 0 Å². The van der Waals surface area contributed by atoms with Gasteiger partial charge in [-0.25, -0.2) is 0 Å². The Bertz CT molecular complexity index is 379. The van der Waals surface area contributed by atoms with Gasteiger partial charge in [0, 0.05) is 12.7 Å².